The van der Waals surface area contributed by atoms with Crippen LogP contribution in [0.5, 0.6) is 0 Å². The van der Waals surface area contributed by atoms with Crippen LogP contribution in [0.2, 0.25) is 0 Å². The lowest BCUT2D eigenvalue weighted by Gasteiger charge is -2.26. The van der Waals surface area contributed by atoms with Gasteiger partial charge in [0.25, 0.3) is 0 Å². The van der Waals surface area contributed by atoms with Gasteiger partial charge in [0.15, 0.2) is 0 Å². The number of hydrogen-bond acceptors (Lipinski definition) is 1. The first-order valence-electron chi connectivity index (χ1n) is 4.70. The summed E-state index contributed by atoms with van der Waals surface area (Å²) in [5.41, 5.74) is 0.833. The Hall–Kier alpha value is 0.390. The van der Waals surface area contributed by atoms with Crippen molar-refractivity contribution in [3.8, 4) is 0 Å². The third kappa shape index (κ3) is 3.09. The largest absolute Gasteiger partial charge is 0.300 e. The van der Waals surface area contributed by atoms with Gasteiger partial charge in [-0.2, -0.15) is 0 Å². The zero-order chi connectivity index (χ0) is 8.27. The molecule has 11 heavy (non-hydrogen) atoms. The van der Waals surface area contributed by atoms with E-state index in [9.17, 15) is 0 Å². The molecule has 0 aromatic heterocycles. The minimum absolute atomic E-state index is 0.733. The van der Waals surface area contributed by atoms with Gasteiger partial charge < -0.3 is 4.90 Å². The van der Waals surface area contributed by atoms with Crippen LogP contribution in [0.3, 0.4) is 0 Å². The summed E-state index contributed by atoms with van der Waals surface area (Å²) in [7, 11) is 2.97. The lowest BCUT2D eigenvalue weighted by Crippen LogP contribution is -2.34. The zero-order valence-electron chi connectivity index (χ0n) is 7.71. The molecule has 1 nitrogen and oxygen atoms in total. The summed E-state index contributed by atoms with van der Waals surface area (Å²) in [6.07, 6.45) is 4.20. The van der Waals surface area contributed by atoms with Crippen LogP contribution < -0.4 is 0 Å². The summed E-state index contributed by atoms with van der Waals surface area (Å²) < 4.78 is 0. The van der Waals surface area contributed by atoms with Crippen LogP contribution in [0.15, 0.2) is 0 Å². The Morgan fingerprint density at radius 1 is 1.36 bits per heavy atom. The number of rotatable bonds is 1. The average Bonchev–Trinajstić information content (AvgIpc) is 2.13. The van der Waals surface area contributed by atoms with E-state index in [1.54, 1.807) is 0 Å². The normalized spacial score (nSPS) is 28.9. The van der Waals surface area contributed by atoms with Crippen molar-refractivity contribution >= 4 is 9.24 Å². The lowest BCUT2D eigenvalue weighted by atomic mass is 10.2. The Bertz CT molecular complexity index is 114. The smallest absolute Gasteiger partial charge is 0.00470 e. The van der Waals surface area contributed by atoms with Gasteiger partial charge in [-0.3, -0.25) is 0 Å². The molecule has 0 amide bonds. The molecule has 0 spiro atoms. The molecule has 2 heteroatoms. The highest BCUT2D eigenvalue weighted by Crippen LogP contribution is 2.18. The predicted octanol–water partition coefficient (Wildman–Crippen LogP) is 2.12. The first-order valence-corrected chi connectivity index (χ1v) is 5.36. The minimum Gasteiger partial charge on any atom is -0.300 e. The van der Waals surface area contributed by atoms with Crippen LogP contribution in [0.1, 0.15) is 33.1 Å². The molecule has 2 atom stereocenters. The fourth-order valence-electron chi connectivity index (χ4n) is 1.67. The molecular weight excluding hydrogens is 153 g/mol. The summed E-state index contributed by atoms with van der Waals surface area (Å²) in [6.45, 7) is 7.18. The highest BCUT2D eigenvalue weighted by molar-refractivity contribution is 7.17. The molecular formula is C9H20NP. The van der Waals surface area contributed by atoms with Gasteiger partial charge in [-0.1, -0.05) is 6.42 Å². The van der Waals surface area contributed by atoms with Crippen LogP contribution in [0.25, 0.3) is 0 Å². The molecule has 1 fully saturated rings. The van der Waals surface area contributed by atoms with Crippen LogP contribution in [-0.4, -0.2) is 29.7 Å². The van der Waals surface area contributed by atoms with E-state index in [-0.39, 0.29) is 0 Å². The second-order valence-electron chi connectivity index (χ2n) is 3.84. The molecule has 1 aliphatic heterocycles. The molecule has 0 N–H and O–H groups in total. The zero-order valence-corrected chi connectivity index (χ0v) is 8.87. The van der Waals surface area contributed by atoms with Crippen molar-refractivity contribution in [1.29, 1.82) is 0 Å². The topological polar surface area (TPSA) is 3.24 Å². The first-order chi connectivity index (χ1) is 5.20. The predicted molar refractivity (Wildman–Crippen MR) is 54.1 cm³/mol. The van der Waals surface area contributed by atoms with Gasteiger partial charge in [0.05, 0.1) is 0 Å². The van der Waals surface area contributed by atoms with Gasteiger partial charge in [-0.15, -0.1) is 9.24 Å². The van der Waals surface area contributed by atoms with Crippen molar-refractivity contribution in [1.82, 2.24) is 4.90 Å². The molecule has 2 unspecified atom stereocenters. The Morgan fingerprint density at radius 3 is 2.73 bits per heavy atom. The molecule has 0 saturated carbocycles. The van der Waals surface area contributed by atoms with Crippen molar-refractivity contribution in [2.75, 3.05) is 13.1 Å². The van der Waals surface area contributed by atoms with Crippen molar-refractivity contribution < 1.29 is 0 Å². The van der Waals surface area contributed by atoms with Gasteiger partial charge in [0.2, 0.25) is 0 Å². The van der Waals surface area contributed by atoms with Crippen molar-refractivity contribution in [2.24, 2.45) is 0 Å². The quantitative estimate of drug-likeness (QED) is 0.549. The van der Waals surface area contributed by atoms with Crippen LogP contribution in [-0.2, 0) is 0 Å². The van der Waals surface area contributed by atoms with E-state index in [4.69, 9.17) is 0 Å². The fraction of sp³-hybridized carbons (Fsp3) is 1.00. The number of hydrogen-bond donors (Lipinski definition) is 0. The third-order valence-electron chi connectivity index (χ3n) is 2.47. The van der Waals surface area contributed by atoms with Gasteiger partial charge in [-0.05, 0) is 38.9 Å². The monoisotopic (exact) mass is 173 g/mol. The average molecular weight is 173 g/mol. The summed E-state index contributed by atoms with van der Waals surface area (Å²) in [5, 5.41) is 0. The Morgan fingerprint density at radius 2 is 2.09 bits per heavy atom. The van der Waals surface area contributed by atoms with Gasteiger partial charge in [0, 0.05) is 12.6 Å². The van der Waals surface area contributed by atoms with Crippen molar-refractivity contribution in [3.05, 3.63) is 0 Å². The standard InChI is InChI=1S/C9H20NP/c1-8(2)10-6-4-3-5-9(11)7-10/h8-9H,3-7,11H2,1-2H3. The Balaban J connectivity index is 2.39. The maximum absolute atomic E-state index is 2.97. The van der Waals surface area contributed by atoms with E-state index < -0.39 is 0 Å². The fourth-order valence-corrected chi connectivity index (χ4v) is 2.18. The molecule has 1 saturated heterocycles. The van der Waals surface area contributed by atoms with Gasteiger partial charge in [-0.25, -0.2) is 0 Å². The summed E-state index contributed by atoms with van der Waals surface area (Å²) in [5.74, 6) is 0. The number of likely N-dealkylation sites (tertiary alicyclic amines) is 1. The van der Waals surface area contributed by atoms with E-state index in [1.165, 1.54) is 32.4 Å². The van der Waals surface area contributed by atoms with E-state index in [0.717, 1.165) is 11.7 Å². The van der Waals surface area contributed by atoms with E-state index >= 15 is 0 Å². The second-order valence-corrected chi connectivity index (χ2v) is 4.79. The molecule has 0 aromatic rings. The third-order valence-corrected chi connectivity index (χ3v) is 3.01. The van der Waals surface area contributed by atoms with Crippen molar-refractivity contribution in [2.45, 2.75) is 44.8 Å². The summed E-state index contributed by atoms with van der Waals surface area (Å²) >= 11 is 0. The minimum atomic E-state index is 0.733. The maximum atomic E-state index is 2.97. The van der Waals surface area contributed by atoms with Gasteiger partial charge in [0.1, 0.15) is 0 Å². The van der Waals surface area contributed by atoms with Gasteiger partial charge >= 0.3 is 0 Å². The highest BCUT2D eigenvalue weighted by Gasteiger charge is 2.16. The maximum Gasteiger partial charge on any atom is 0.00470 e. The molecule has 66 valence electrons. The molecule has 0 aliphatic carbocycles. The van der Waals surface area contributed by atoms with Crippen LogP contribution in [0.4, 0.5) is 0 Å². The van der Waals surface area contributed by atoms with E-state index in [2.05, 4.69) is 28.0 Å². The van der Waals surface area contributed by atoms with Crippen molar-refractivity contribution in [3.63, 3.8) is 0 Å². The molecule has 1 heterocycles. The Kier molecular flexibility index (Phi) is 3.81. The summed E-state index contributed by atoms with van der Waals surface area (Å²) in [6, 6.07) is 0.733. The van der Waals surface area contributed by atoms with E-state index in [0.29, 0.717) is 0 Å². The second kappa shape index (κ2) is 4.42. The van der Waals surface area contributed by atoms with Crippen LogP contribution >= 0.6 is 9.24 Å². The molecule has 0 radical (unpaired) electrons. The Labute approximate surface area is 72.7 Å². The lowest BCUT2D eigenvalue weighted by molar-refractivity contribution is 0.233. The highest BCUT2D eigenvalue weighted by atomic mass is 31.0. The molecule has 1 rings (SSSR count). The van der Waals surface area contributed by atoms with Crippen LogP contribution in [0, 0.1) is 0 Å². The summed E-state index contributed by atoms with van der Waals surface area (Å²) in [4.78, 5) is 2.59. The molecule has 1 aliphatic rings. The van der Waals surface area contributed by atoms with E-state index in [1.807, 2.05) is 0 Å². The molecule has 0 bridgehead atoms. The molecule has 0 aromatic carbocycles. The number of nitrogens with zero attached hydrogens (tertiary/aromatic N) is 1. The SMILES string of the molecule is CC(C)N1CCCCC(P)C1. The first kappa shape index (κ1) is 9.48.